The minimum absolute atomic E-state index is 0.138. The van der Waals surface area contributed by atoms with Crippen molar-refractivity contribution >= 4 is 0 Å². The third kappa shape index (κ3) is 1.23. The summed E-state index contributed by atoms with van der Waals surface area (Å²) >= 11 is 0. The fourth-order valence-electron chi connectivity index (χ4n) is 1.89. The molecule has 70 valence electrons. The first-order chi connectivity index (χ1) is 6.03. The van der Waals surface area contributed by atoms with Gasteiger partial charge in [-0.05, 0) is 17.0 Å². The van der Waals surface area contributed by atoms with Crippen molar-refractivity contribution in [2.45, 2.75) is 25.8 Å². The number of aromatic nitrogens is 1. The Morgan fingerprint density at radius 2 is 2.08 bits per heavy atom. The highest BCUT2D eigenvalue weighted by molar-refractivity contribution is 5.31. The molecule has 0 radical (unpaired) electrons. The highest BCUT2D eigenvalue weighted by Gasteiger charge is 2.56. The second-order valence-electron chi connectivity index (χ2n) is 4.24. The first-order valence-electron chi connectivity index (χ1n) is 4.40. The van der Waals surface area contributed by atoms with E-state index in [-0.39, 0.29) is 11.5 Å². The van der Waals surface area contributed by atoms with Gasteiger partial charge in [0, 0.05) is 18.2 Å². The Bertz CT molecular complexity index is 318. The van der Waals surface area contributed by atoms with Crippen molar-refractivity contribution in [3.8, 4) is 0 Å². The van der Waals surface area contributed by atoms with Gasteiger partial charge in [-0.3, -0.25) is 0 Å². The Kier molecular flexibility index (Phi) is 1.67. The number of nitrogens with two attached hydrogens (primary N) is 1. The molecule has 0 bridgehead atoms. The Morgan fingerprint density at radius 3 is 2.46 bits per heavy atom. The Balaban J connectivity index is 2.25. The van der Waals surface area contributed by atoms with E-state index in [2.05, 4.69) is 18.8 Å². The minimum Gasteiger partial charge on any atom is -0.327 e. The molecule has 0 amide bonds. The lowest BCUT2D eigenvalue weighted by Crippen LogP contribution is -2.06. The van der Waals surface area contributed by atoms with E-state index in [4.69, 9.17) is 5.73 Å². The molecule has 1 aromatic heterocycles. The summed E-state index contributed by atoms with van der Waals surface area (Å²) in [5.74, 6) is -0.101. The average molecular weight is 180 g/mol. The van der Waals surface area contributed by atoms with E-state index >= 15 is 0 Å². The van der Waals surface area contributed by atoms with Gasteiger partial charge in [-0.15, -0.1) is 0 Å². The predicted octanol–water partition coefficient (Wildman–Crippen LogP) is 1.67. The summed E-state index contributed by atoms with van der Waals surface area (Å²) in [5, 5.41) is 0. The molecule has 0 aromatic carbocycles. The van der Waals surface area contributed by atoms with Crippen LogP contribution in [-0.4, -0.2) is 11.0 Å². The lowest BCUT2D eigenvalue weighted by molar-refractivity contribution is 0.576. The van der Waals surface area contributed by atoms with Crippen molar-refractivity contribution < 1.29 is 4.39 Å². The molecule has 1 heterocycles. The van der Waals surface area contributed by atoms with Gasteiger partial charge in [0.1, 0.15) is 0 Å². The van der Waals surface area contributed by atoms with Crippen molar-refractivity contribution in [2.75, 3.05) is 0 Å². The van der Waals surface area contributed by atoms with Gasteiger partial charge in [0.2, 0.25) is 5.95 Å². The van der Waals surface area contributed by atoms with Crippen LogP contribution in [0.3, 0.4) is 0 Å². The monoisotopic (exact) mass is 180 g/mol. The smallest absolute Gasteiger partial charge is 0.212 e. The molecule has 2 N–H and O–H groups in total. The third-order valence-corrected chi connectivity index (χ3v) is 3.02. The van der Waals surface area contributed by atoms with E-state index in [1.54, 1.807) is 12.3 Å². The van der Waals surface area contributed by atoms with Crippen LogP contribution < -0.4 is 5.73 Å². The Labute approximate surface area is 77.0 Å². The number of hydrogen-bond acceptors (Lipinski definition) is 2. The molecule has 0 spiro atoms. The van der Waals surface area contributed by atoms with E-state index in [1.807, 2.05) is 0 Å². The minimum atomic E-state index is -0.434. The highest BCUT2D eigenvalue weighted by atomic mass is 19.1. The van der Waals surface area contributed by atoms with Crippen LogP contribution in [0.5, 0.6) is 0 Å². The van der Waals surface area contributed by atoms with E-state index in [0.717, 1.165) is 5.56 Å². The average Bonchev–Trinajstić information content (AvgIpc) is 2.55. The van der Waals surface area contributed by atoms with Gasteiger partial charge < -0.3 is 5.73 Å². The maximum absolute atomic E-state index is 12.5. The largest absolute Gasteiger partial charge is 0.327 e. The number of nitrogens with zero attached hydrogens (tertiary/aromatic N) is 1. The summed E-state index contributed by atoms with van der Waals surface area (Å²) in [6.45, 7) is 4.23. The number of halogens is 1. The van der Waals surface area contributed by atoms with Crippen molar-refractivity contribution in [1.29, 1.82) is 0 Å². The summed E-state index contributed by atoms with van der Waals surface area (Å²) < 4.78 is 12.5. The van der Waals surface area contributed by atoms with Crippen molar-refractivity contribution in [2.24, 2.45) is 11.1 Å². The standard InChI is InChI=1S/C10H13FN2/c1-10(2)8(9(10)12)6-3-4-7(11)13-5-6/h3-5,8-9H,12H2,1-2H3/t8-,9-/m1/s1. The van der Waals surface area contributed by atoms with E-state index < -0.39 is 5.95 Å². The molecule has 13 heavy (non-hydrogen) atoms. The normalized spacial score (nSPS) is 30.2. The van der Waals surface area contributed by atoms with Crippen LogP contribution in [0.15, 0.2) is 18.3 Å². The fraction of sp³-hybridized carbons (Fsp3) is 0.500. The molecule has 1 aliphatic carbocycles. The Hall–Kier alpha value is -0.960. The first kappa shape index (κ1) is 8.63. The molecule has 2 rings (SSSR count). The van der Waals surface area contributed by atoms with Crippen molar-refractivity contribution in [3.63, 3.8) is 0 Å². The van der Waals surface area contributed by atoms with Crippen molar-refractivity contribution in [3.05, 3.63) is 29.8 Å². The topological polar surface area (TPSA) is 38.9 Å². The molecule has 0 unspecified atom stereocenters. The van der Waals surface area contributed by atoms with E-state index in [9.17, 15) is 4.39 Å². The van der Waals surface area contributed by atoms with Gasteiger partial charge in [-0.2, -0.15) is 4.39 Å². The van der Waals surface area contributed by atoms with Crippen LogP contribution in [0.4, 0.5) is 4.39 Å². The van der Waals surface area contributed by atoms with Gasteiger partial charge in [0.25, 0.3) is 0 Å². The summed E-state index contributed by atoms with van der Waals surface area (Å²) in [4.78, 5) is 3.62. The van der Waals surface area contributed by atoms with Gasteiger partial charge >= 0.3 is 0 Å². The molecule has 2 atom stereocenters. The van der Waals surface area contributed by atoms with Gasteiger partial charge in [0.05, 0.1) is 0 Å². The summed E-state index contributed by atoms with van der Waals surface area (Å²) in [6.07, 6.45) is 1.58. The zero-order valence-electron chi connectivity index (χ0n) is 7.79. The van der Waals surface area contributed by atoms with Crippen LogP contribution in [0.1, 0.15) is 25.3 Å². The van der Waals surface area contributed by atoms with E-state index in [0.29, 0.717) is 5.92 Å². The van der Waals surface area contributed by atoms with Crippen LogP contribution in [-0.2, 0) is 0 Å². The summed E-state index contributed by atoms with van der Waals surface area (Å²) in [7, 11) is 0. The molecule has 1 fully saturated rings. The molecular formula is C10H13FN2. The van der Waals surface area contributed by atoms with Crippen LogP contribution in [0.2, 0.25) is 0 Å². The number of pyridine rings is 1. The third-order valence-electron chi connectivity index (χ3n) is 3.02. The number of rotatable bonds is 1. The molecule has 1 aromatic rings. The summed E-state index contributed by atoms with van der Waals surface area (Å²) in [5.41, 5.74) is 7.07. The SMILES string of the molecule is CC1(C)[C@H](N)[C@H]1c1ccc(F)nc1. The molecule has 0 saturated heterocycles. The maximum atomic E-state index is 12.5. The molecular weight excluding hydrogens is 167 g/mol. The van der Waals surface area contributed by atoms with Crippen molar-refractivity contribution in [1.82, 2.24) is 4.98 Å². The lowest BCUT2D eigenvalue weighted by atomic mass is 10.1. The maximum Gasteiger partial charge on any atom is 0.212 e. The van der Waals surface area contributed by atoms with Gasteiger partial charge in [-0.1, -0.05) is 19.9 Å². The van der Waals surface area contributed by atoms with Crippen LogP contribution in [0, 0.1) is 11.4 Å². The fourth-order valence-corrected chi connectivity index (χ4v) is 1.89. The molecule has 3 heteroatoms. The van der Waals surface area contributed by atoms with Gasteiger partial charge in [-0.25, -0.2) is 4.98 Å². The molecule has 2 nitrogen and oxygen atoms in total. The predicted molar refractivity (Wildman–Crippen MR) is 48.7 cm³/mol. The van der Waals surface area contributed by atoms with Crippen LogP contribution in [0.25, 0.3) is 0 Å². The molecule has 0 aliphatic heterocycles. The quantitative estimate of drug-likeness (QED) is 0.668. The lowest BCUT2D eigenvalue weighted by Gasteiger charge is -2.01. The van der Waals surface area contributed by atoms with Crippen LogP contribution >= 0.6 is 0 Å². The first-order valence-corrected chi connectivity index (χ1v) is 4.40. The zero-order valence-corrected chi connectivity index (χ0v) is 7.79. The molecule has 1 saturated carbocycles. The second kappa shape index (κ2) is 2.51. The highest BCUT2D eigenvalue weighted by Crippen LogP contribution is 2.56. The van der Waals surface area contributed by atoms with E-state index in [1.165, 1.54) is 6.07 Å². The summed E-state index contributed by atoms with van der Waals surface area (Å²) in [6, 6.07) is 3.33. The zero-order chi connectivity index (χ0) is 9.64. The molecule has 1 aliphatic rings. The number of hydrogen-bond donors (Lipinski definition) is 1. The Morgan fingerprint density at radius 1 is 1.46 bits per heavy atom. The van der Waals surface area contributed by atoms with Gasteiger partial charge in [0.15, 0.2) is 0 Å². The second-order valence-corrected chi connectivity index (χ2v) is 4.24.